The number of hydrogen-bond donors (Lipinski definition) is 1. The minimum absolute atomic E-state index is 0.0374. The van der Waals surface area contributed by atoms with E-state index in [4.69, 9.17) is 9.47 Å². The molecular weight excluding hydrogens is 378 g/mol. The molecule has 3 heterocycles. The Kier molecular flexibility index (Phi) is 4.48. The van der Waals surface area contributed by atoms with Crippen LogP contribution in [0.3, 0.4) is 0 Å². The van der Waals surface area contributed by atoms with E-state index in [2.05, 4.69) is 14.7 Å². The summed E-state index contributed by atoms with van der Waals surface area (Å²) in [5.74, 6) is 0.0683. The zero-order valence-corrected chi connectivity index (χ0v) is 16.6. The molecule has 4 rings (SSSR count). The molecule has 29 heavy (non-hydrogen) atoms. The SMILES string of the molecule is CC(C)(C)OC(=O)N1CCC2(CC1)CC(=O)c1cc(-c3noc(=O)[nH]3)ccc1O2. The van der Waals surface area contributed by atoms with E-state index >= 15 is 0 Å². The molecule has 1 aromatic carbocycles. The lowest BCUT2D eigenvalue weighted by atomic mass is 9.82. The molecule has 0 saturated carbocycles. The zero-order valence-electron chi connectivity index (χ0n) is 16.6. The smallest absolute Gasteiger partial charge is 0.439 e. The number of ether oxygens (including phenoxy) is 2. The number of H-pyrrole nitrogens is 1. The molecule has 0 radical (unpaired) electrons. The fourth-order valence-electron chi connectivity index (χ4n) is 3.70. The number of benzene rings is 1. The fourth-order valence-corrected chi connectivity index (χ4v) is 3.70. The van der Waals surface area contributed by atoms with E-state index in [1.165, 1.54) is 0 Å². The number of Topliss-reactive ketones (excluding diaryl/α,β-unsaturated/α-hetero) is 1. The largest absolute Gasteiger partial charge is 0.486 e. The van der Waals surface area contributed by atoms with Crippen molar-refractivity contribution in [3.05, 3.63) is 34.3 Å². The maximum absolute atomic E-state index is 12.8. The number of nitrogens with zero attached hydrogens (tertiary/aromatic N) is 2. The van der Waals surface area contributed by atoms with Gasteiger partial charge >= 0.3 is 11.8 Å². The summed E-state index contributed by atoms with van der Waals surface area (Å²) in [6.45, 7) is 6.43. The first kappa shape index (κ1) is 19.2. The highest BCUT2D eigenvalue weighted by atomic mass is 16.6. The van der Waals surface area contributed by atoms with Crippen LogP contribution < -0.4 is 10.5 Å². The highest BCUT2D eigenvalue weighted by molar-refractivity contribution is 6.01. The molecule has 9 nitrogen and oxygen atoms in total. The van der Waals surface area contributed by atoms with Crippen LogP contribution >= 0.6 is 0 Å². The maximum atomic E-state index is 12.8. The number of hydrogen-bond acceptors (Lipinski definition) is 7. The van der Waals surface area contributed by atoms with Gasteiger partial charge in [0, 0.05) is 31.5 Å². The summed E-state index contributed by atoms with van der Waals surface area (Å²) in [5, 5.41) is 3.65. The van der Waals surface area contributed by atoms with Crippen molar-refractivity contribution in [2.75, 3.05) is 13.1 Å². The lowest BCUT2D eigenvalue weighted by Crippen LogP contribution is -2.52. The highest BCUT2D eigenvalue weighted by Gasteiger charge is 2.44. The van der Waals surface area contributed by atoms with E-state index in [-0.39, 0.29) is 24.1 Å². The zero-order chi connectivity index (χ0) is 20.8. The van der Waals surface area contributed by atoms with Crippen LogP contribution in [0.25, 0.3) is 11.4 Å². The number of ketones is 1. The molecule has 1 spiro atoms. The molecular formula is C20H23N3O6. The number of fused-ring (bicyclic) bond motifs is 1. The second-order valence-corrected chi connectivity index (χ2v) is 8.51. The van der Waals surface area contributed by atoms with Gasteiger partial charge in [0.1, 0.15) is 17.0 Å². The molecule has 1 fully saturated rings. The first-order valence-electron chi connectivity index (χ1n) is 9.55. The number of carbonyl (C=O) groups excluding carboxylic acids is 2. The number of rotatable bonds is 1. The summed E-state index contributed by atoms with van der Waals surface area (Å²) in [6.07, 6.45) is 0.994. The van der Waals surface area contributed by atoms with Crippen molar-refractivity contribution in [2.24, 2.45) is 0 Å². The Balaban J connectivity index is 1.49. The number of carbonyl (C=O) groups is 2. The number of aromatic amines is 1. The van der Waals surface area contributed by atoms with Crippen LogP contribution in [0.4, 0.5) is 4.79 Å². The van der Waals surface area contributed by atoms with E-state index < -0.39 is 17.0 Å². The number of amides is 1. The quantitative estimate of drug-likeness (QED) is 0.781. The van der Waals surface area contributed by atoms with Crippen molar-refractivity contribution in [1.29, 1.82) is 0 Å². The molecule has 1 N–H and O–H groups in total. The summed E-state index contributed by atoms with van der Waals surface area (Å²) >= 11 is 0. The molecule has 154 valence electrons. The first-order chi connectivity index (χ1) is 13.6. The summed E-state index contributed by atoms with van der Waals surface area (Å²) in [6, 6.07) is 5.07. The third-order valence-corrected chi connectivity index (χ3v) is 5.13. The van der Waals surface area contributed by atoms with Gasteiger partial charge < -0.3 is 14.4 Å². The summed E-state index contributed by atoms with van der Waals surface area (Å²) in [5.41, 5.74) is -0.144. The van der Waals surface area contributed by atoms with E-state index in [0.717, 1.165) is 0 Å². The second kappa shape index (κ2) is 6.75. The fraction of sp³-hybridized carbons (Fsp3) is 0.500. The van der Waals surface area contributed by atoms with E-state index in [1.54, 1.807) is 23.1 Å². The lowest BCUT2D eigenvalue weighted by molar-refractivity contribution is -0.0226. The molecule has 2 aliphatic heterocycles. The molecule has 1 amide bonds. The summed E-state index contributed by atoms with van der Waals surface area (Å²) in [7, 11) is 0. The minimum atomic E-state index is -0.656. The van der Waals surface area contributed by atoms with E-state index in [9.17, 15) is 14.4 Å². The Bertz CT molecular complexity index is 1010. The van der Waals surface area contributed by atoms with Crippen molar-refractivity contribution in [3.8, 4) is 17.1 Å². The average molecular weight is 401 g/mol. The van der Waals surface area contributed by atoms with Crippen molar-refractivity contribution in [2.45, 2.75) is 51.2 Å². The van der Waals surface area contributed by atoms with Gasteiger partial charge in [-0.2, -0.15) is 0 Å². The third kappa shape index (κ3) is 3.90. The third-order valence-electron chi connectivity index (χ3n) is 5.13. The van der Waals surface area contributed by atoms with Crippen LogP contribution in [0.2, 0.25) is 0 Å². The van der Waals surface area contributed by atoms with Gasteiger partial charge in [-0.1, -0.05) is 5.16 Å². The van der Waals surface area contributed by atoms with Crippen LogP contribution in [-0.4, -0.2) is 51.2 Å². The van der Waals surface area contributed by atoms with Gasteiger partial charge in [0.2, 0.25) is 0 Å². The van der Waals surface area contributed by atoms with Crippen LogP contribution in [0.1, 0.15) is 50.4 Å². The molecule has 1 aromatic heterocycles. The van der Waals surface area contributed by atoms with Gasteiger partial charge in [0.05, 0.1) is 12.0 Å². The number of nitrogens with one attached hydrogen (secondary N) is 1. The Hall–Kier alpha value is -3.10. The van der Waals surface area contributed by atoms with Crippen molar-refractivity contribution in [1.82, 2.24) is 15.0 Å². The van der Waals surface area contributed by atoms with Gasteiger partial charge in [0.25, 0.3) is 0 Å². The predicted molar refractivity (Wildman–Crippen MR) is 102 cm³/mol. The number of piperidine rings is 1. The Morgan fingerprint density at radius 1 is 1.24 bits per heavy atom. The van der Waals surface area contributed by atoms with Crippen molar-refractivity contribution >= 4 is 11.9 Å². The maximum Gasteiger partial charge on any atom is 0.439 e. The standard InChI is InChI=1S/C20H23N3O6/c1-19(2,3)28-18(26)23-8-6-20(7-9-23)11-14(24)13-10-12(4-5-15(13)27-20)16-21-17(25)29-22-16/h4-5,10H,6-9,11H2,1-3H3,(H,21,22,25). The van der Waals surface area contributed by atoms with E-state index in [0.29, 0.717) is 42.8 Å². The highest BCUT2D eigenvalue weighted by Crippen LogP contribution is 2.40. The van der Waals surface area contributed by atoms with Gasteiger partial charge in [-0.15, -0.1) is 0 Å². The molecule has 2 aromatic rings. The Morgan fingerprint density at radius 3 is 2.59 bits per heavy atom. The van der Waals surface area contributed by atoms with Crippen LogP contribution in [0, 0.1) is 0 Å². The van der Waals surface area contributed by atoms with Gasteiger partial charge in [-0.3, -0.25) is 14.3 Å². The predicted octanol–water partition coefficient (Wildman–Crippen LogP) is 2.76. The topological polar surface area (TPSA) is 115 Å². The molecule has 0 aliphatic carbocycles. The molecule has 0 bridgehead atoms. The molecule has 2 aliphatic rings. The Labute approximate surface area is 167 Å². The van der Waals surface area contributed by atoms with Crippen LogP contribution in [0.5, 0.6) is 5.75 Å². The minimum Gasteiger partial charge on any atom is -0.486 e. The van der Waals surface area contributed by atoms with Gasteiger partial charge in [-0.25, -0.2) is 9.59 Å². The Morgan fingerprint density at radius 2 is 1.97 bits per heavy atom. The second-order valence-electron chi connectivity index (χ2n) is 8.51. The van der Waals surface area contributed by atoms with Crippen molar-refractivity contribution in [3.63, 3.8) is 0 Å². The van der Waals surface area contributed by atoms with E-state index in [1.807, 2.05) is 20.8 Å². The molecule has 1 saturated heterocycles. The number of aromatic nitrogens is 2. The lowest BCUT2D eigenvalue weighted by Gasteiger charge is -2.44. The van der Waals surface area contributed by atoms with Gasteiger partial charge in [-0.05, 0) is 39.0 Å². The normalized spacial score (nSPS) is 18.3. The monoisotopic (exact) mass is 401 g/mol. The molecule has 0 atom stereocenters. The van der Waals surface area contributed by atoms with Crippen LogP contribution in [-0.2, 0) is 4.74 Å². The molecule has 0 unspecified atom stereocenters. The van der Waals surface area contributed by atoms with Gasteiger partial charge in [0.15, 0.2) is 11.6 Å². The first-order valence-corrected chi connectivity index (χ1v) is 9.55. The molecule has 9 heteroatoms. The van der Waals surface area contributed by atoms with Crippen LogP contribution in [0.15, 0.2) is 27.5 Å². The summed E-state index contributed by atoms with van der Waals surface area (Å²) in [4.78, 5) is 40.4. The summed E-state index contributed by atoms with van der Waals surface area (Å²) < 4.78 is 16.2. The van der Waals surface area contributed by atoms with Crippen molar-refractivity contribution < 1.29 is 23.6 Å². The number of likely N-dealkylation sites (tertiary alicyclic amines) is 1. The average Bonchev–Trinajstić information content (AvgIpc) is 3.07.